The number of fused-ring (bicyclic) bond motifs is 6. The first-order valence-electron chi connectivity index (χ1n) is 18.6. The average Bonchev–Trinajstić information content (AvgIpc) is 3.72. The van der Waals surface area contributed by atoms with Crippen LogP contribution in [0.15, 0.2) is 194 Å². The number of thiophene rings is 1. The lowest BCUT2D eigenvalue weighted by molar-refractivity contribution is 0.660. The van der Waals surface area contributed by atoms with E-state index in [0.717, 1.165) is 34.1 Å². The SMILES string of the molecule is CC1(C)c2ccccc2-c2ccc(N(c3ccc(-c4cccc5c4sc4ccccc45)cc3)c3ccc(N(c4ccccc4)c4ccccc4)cc3)cc21. The summed E-state index contributed by atoms with van der Waals surface area (Å²) < 4.78 is 2.66. The molecular formula is C51H38N2S. The van der Waals surface area contributed by atoms with Gasteiger partial charge in [0.1, 0.15) is 0 Å². The maximum atomic E-state index is 2.41. The van der Waals surface area contributed by atoms with Crippen molar-refractivity contribution in [3.63, 3.8) is 0 Å². The second-order valence-electron chi connectivity index (χ2n) is 14.6. The first-order chi connectivity index (χ1) is 26.5. The van der Waals surface area contributed by atoms with Gasteiger partial charge in [-0.15, -0.1) is 11.3 Å². The molecule has 8 aromatic carbocycles. The van der Waals surface area contributed by atoms with E-state index in [4.69, 9.17) is 0 Å². The van der Waals surface area contributed by atoms with Gasteiger partial charge in [-0.05, 0) is 112 Å². The molecule has 0 saturated carbocycles. The lowest BCUT2D eigenvalue weighted by Gasteiger charge is -2.29. The second-order valence-corrected chi connectivity index (χ2v) is 15.6. The van der Waals surface area contributed by atoms with Crippen LogP contribution in [0.3, 0.4) is 0 Å². The predicted molar refractivity (Wildman–Crippen MR) is 232 cm³/mol. The highest BCUT2D eigenvalue weighted by molar-refractivity contribution is 7.26. The molecule has 0 saturated heterocycles. The van der Waals surface area contributed by atoms with Crippen LogP contribution < -0.4 is 9.80 Å². The molecule has 2 nitrogen and oxygen atoms in total. The minimum absolute atomic E-state index is 0.101. The predicted octanol–water partition coefficient (Wildman–Crippen LogP) is 15.0. The fraction of sp³-hybridized carbons (Fsp3) is 0.0588. The van der Waals surface area contributed by atoms with E-state index in [1.165, 1.54) is 53.6 Å². The summed E-state index contributed by atoms with van der Waals surface area (Å²) in [6.07, 6.45) is 0. The highest BCUT2D eigenvalue weighted by atomic mass is 32.1. The van der Waals surface area contributed by atoms with E-state index in [-0.39, 0.29) is 5.41 Å². The minimum atomic E-state index is -0.101. The van der Waals surface area contributed by atoms with Crippen LogP contribution in [0, 0.1) is 0 Å². The molecule has 0 amide bonds. The number of hydrogen-bond acceptors (Lipinski definition) is 3. The van der Waals surface area contributed by atoms with Crippen LogP contribution in [-0.2, 0) is 5.41 Å². The molecule has 1 heterocycles. The average molecular weight is 711 g/mol. The molecule has 0 aliphatic heterocycles. The van der Waals surface area contributed by atoms with Gasteiger partial charge in [0.2, 0.25) is 0 Å². The van der Waals surface area contributed by atoms with E-state index in [2.05, 4.69) is 218 Å². The molecule has 0 atom stereocenters. The van der Waals surface area contributed by atoms with Crippen LogP contribution in [-0.4, -0.2) is 0 Å². The van der Waals surface area contributed by atoms with Gasteiger partial charge in [-0.25, -0.2) is 0 Å². The Kier molecular flexibility index (Phi) is 7.71. The molecule has 1 aromatic heterocycles. The van der Waals surface area contributed by atoms with Gasteiger partial charge in [-0.3, -0.25) is 0 Å². The van der Waals surface area contributed by atoms with Gasteiger partial charge in [-0.2, -0.15) is 0 Å². The lowest BCUT2D eigenvalue weighted by Crippen LogP contribution is -2.16. The molecule has 0 spiro atoms. The number of benzene rings is 8. The minimum Gasteiger partial charge on any atom is -0.311 e. The quantitative estimate of drug-likeness (QED) is 0.162. The Hall–Kier alpha value is -6.42. The molecule has 258 valence electrons. The van der Waals surface area contributed by atoms with Gasteiger partial charge in [0.25, 0.3) is 0 Å². The van der Waals surface area contributed by atoms with Crippen molar-refractivity contribution in [2.45, 2.75) is 19.3 Å². The Bertz CT molecular complexity index is 2740. The van der Waals surface area contributed by atoms with Crippen LogP contribution in [0.4, 0.5) is 34.1 Å². The number of nitrogens with zero attached hydrogens (tertiary/aromatic N) is 2. The van der Waals surface area contributed by atoms with Gasteiger partial charge in [0.05, 0.1) is 0 Å². The Morgan fingerprint density at radius 1 is 0.370 bits per heavy atom. The Labute approximate surface area is 320 Å². The third-order valence-corrected chi connectivity index (χ3v) is 12.3. The van der Waals surface area contributed by atoms with E-state index in [1.54, 1.807) is 0 Å². The Morgan fingerprint density at radius 3 is 1.54 bits per heavy atom. The standard InChI is InChI=1S/C51H38N2S/c1-51(2)47-22-11-9-18-43(47)44-33-32-41(34-48(44)51)53(40-30-28-39(29-31-40)52(36-14-5-3-6-15-36)37-16-7-4-8-17-37)38-26-24-35(25-27-38)42-20-13-21-46-45-19-10-12-23-49(45)54-50(42)46/h3-34H,1-2H3. The monoisotopic (exact) mass is 710 g/mol. The molecule has 0 fully saturated rings. The molecule has 3 heteroatoms. The van der Waals surface area contributed by atoms with Crippen molar-refractivity contribution in [1.29, 1.82) is 0 Å². The van der Waals surface area contributed by atoms with Crippen molar-refractivity contribution in [2.75, 3.05) is 9.80 Å². The zero-order valence-corrected chi connectivity index (χ0v) is 31.1. The van der Waals surface area contributed by atoms with E-state index in [0.29, 0.717) is 0 Å². The topological polar surface area (TPSA) is 6.48 Å². The summed E-state index contributed by atoms with van der Waals surface area (Å²) in [5.74, 6) is 0. The zero-order chi connectivity index (χ0) is 36.2. The molecule has 0 N–H and O–H groups in total. The van der Waals surface area contributed by atoms with Gasteiger partial charge >= 0.3 is 0 Å². The van der Waals surface area contributed by atoms with E-state index >= 15 is 0 Å². The summed E-state index contributed by atoms with van der Waals surface area (Å²) in [4.78, 5) is 4.72. The van der Waals surface area contributed by atoms with Crippen LogP contribution in [0.25, 0.3) is 42.4 Å². The van der Waals surface area contributed by atoms with E-state index < -0.39 is 0 Å². The maximum absolute atomic E-state index is 2.41. The first kappa shape index (κ1) is 32.2. The van der Waals surface area contributed by atoms with Gasteiger partial charge in [-0.1, -0.05) is 129 Å². The van der Waals surface area contributed by atoms with Crippen molar-refractivity contribution in [3.05, 3.63) is 205 Å². The maximum Gasteiger partial charge on any atom is 0.0465 e. The molecule has 10 rings (SSSR count). The molecule has 54 heavy (non-hydrogen) atoms. The molecule has 9 aromatic rings. The smallest absolute Gasteiger partial charge is 0.0465 e. The van der Waals surface area contributed by atoms with Crippen molar-refractivity contribution >= 4 is 65.6 Å². The van der Waals surface area contributed by atoms with Crippen molar-refractivity contribution in [1.82, 2.24) is 0 Å². The fourth-order valence-electron chi connectivity index (χ4n) is 8.40. The molecule has 1 aliphatic rings. The number of hydrogen-bond donors (Lipinski definition) is 0. The lowest BCUT2D eigenvalue weighted by atomic mass is 9.82. The van der Waals surface area contributed by atoms with Gasteiger partial charge in [0.15, 0.2) is 0 Å². The third-order valence-electron chi connectivity index (χ3n) is 11.1. The number of para-hydroxylation sites is 2. The van der Waals surface area contributed by atoms with E-state index in [9.17, 15) is 0 Å². The molecule has 0 radical (unpaired) electrons. The summed E-state index contributed by atoms with van der Waals surface area (Å²) in [7, 11) is 0. The third kappa shape index (κ3) is 5.31. The number of anilines is 6. The van der Waals surface area contributed by atoms with Gasteiger partial charge in [0, 0.05) is 59.7 Å². The summed E-state index contributed by atoms with van der Waals surface area (Å²) in [6.45, 7) is 4.71. The van der Waals surface area contributed by atoms with Crippen LogP contribution in [0.2, 0.25) is 0 Å². The largest absolute Gasteiger partial charge is 0.311 e. The van der Waals surface area contributed by atoms with Crippen molar-refractivity contribution < 1.29 is 0 Å². The van der Waals surface area contributed by atoms with E-state index in [1.807, 2.05) is 11.3 Å². The summed E-state index contributed by atoms with van der Waals surface area (Å²) >= 11 is 1.88. The van der Waals surface area contributed by atoms with Crippen molar-refractivity contribution in [2.24, 2.45) is 0 Å². The van der Waals surface area contributed by atoms with Gasteiger partial charge < -0.3 is 9.80 Å². The molecule has 0 bridgehead atoms. The van der Waals surface area contributed by atoms with Crippen molar-refractivity contribution in [3.8, 4) is 22.3 Å². The summed E-state index contributed by atoms with van der Waals surface area (Å²) in [6, 6.07) is 70.6. The van der Waals surface area contributed by atoms with Crippen LogP contribution in [0.5, 0.6) is 0 Å². The fourth-order valence-corrected chi connectivity index (χ4v) is 9.63. The molecule has 0 unspecified atom stereocenters. The Balaban J connectivity index is 1.09. The normalized spacial score (nSPS) is 12.8. The number of rotatable bonds is 7. The Morgan fingerprint density at radius 2 is 0.852 bits per heavy atom. The van der Waals surface area contributed by atoms with Crippen LogP contribution >= 0.6 is 11.3 Å². The second kappa shape index (κ2) is 12.9. The molecular weight excluding hydrogens is 673 g/mol. The molecule has 1 aliphatic carbocycles. The first-order valence-corrected chi connectivity index (χ1v) is 19.4. The highest BCUT2D eigenvalue weighted by Gasteiger charge is 2.35. The zero-order valence-electron chi connectivity index (χ0n) is 30.3. The van der Waals surface area contributed by atoms with Crippen LogP contribution in [0.1, 0.15) is 25.0 Å². The summed E-state index contributed by atoms with van der Waals surface area (Å²) in [5, 5.41) is 2.64. The highest BCUT2D eigenvalue weighted by Crippen LogP contribution is 2.51. The summed E-state index contributed by atoms with van der Waals surface area (Å²) in [5.41, 5.74) is 14.5.